The Morgan fingerprint density at radius 1 is 0.923 bits per heavy atom. The van der Waals surface area contributed by atoms with E-state index >= 15 is 0 Å². The molecule has 0 aromatic heterocycles. The molecule has 26 heavy (non-hydrogen) atoms. The Bertz CT molecular complexity index is 851. The van der Waals surface area contributed by atoms with E-state index in [1.807, 2.05) is 18.2 Å². The van der Waals surface area contributed by atoms with E-state index in [1.165, 1.54) is 23.0 Å². The lowest BCUT2D eigenvalue weighted by molar-refractivity contribution is -2.00. The van der Waals surface area contributed by atoms with E-state index in [0.717, 1.165) is 0 Å². The van der Waals surface area contributed by atoms with Gasteiger partial charge in [-0.2, -0.15) is 4.58 Å². The Hall–Kier alpha value is -2.09. The predicted octanol–water partition coefficient (Wildman–Crippen LogP) is -0.211. The van der Waals surface area contributed by atoms with Gasteiger partial charge in [-0.15, -0.1) is 10.2 Å². The van der Waals surface area contributed by atoms with Crippen LogP contribution in [0.4, 0.5) is 10.1 Å². The number of hydrogen-bond donors (Lipinski definition) is 0. The summed E-state index contributed by atoms with van der Waals surface area (Å²) in [6.07, 6.45) is 3.88. The van der Waals surface area contributed by atoms with Crippen LogP contribution in [-0.2, 0) is 5.41 Å². The van der Waals surface area contributed by atoms with Gasteiger partial charge in [-0.05, 0) is 26.0 Å². The lowest BCUT2D eigenvalue weighted by Crippen LogP contribution is -2.68. The van der Waals surface area contributed by atoms with Crippen LogP contribution in [0.15, 0.2) is 54.6 Å². The van der Waals surface area contributed by atoms with Crippen molar-refractivity contribution in [2.45, 2.75) is 19.3 Å². The van der Waals surface area contributed by atoms with Crippen molar-refractivity contribution < 1.29 is 37.8 Å². The zero-order valence-corrected chi connectivity index (χ0v) is 15.4. The van der Waals surface area contributed by atoms with E-state index in [2.05, 4.69) is 49.7 Å². The molecule has 2 aromatic carbocycles. The lowest BCUT2D eigenvalue weighted by atomic mass is 9.81. The molecule has 0 atom stereocenters. The standard InChI is InChI=1S/C19H19FN.ClHO4/c1-19(2)15-9-5-7-11-17(15)21(3)18(19)13-12-14-8-4-6-10-16(14)20;2-1(3,4)5/h4-13H,1-3H3;(H,2,3,4,5)/q+1;/p-1. The second-order valence-electron chi connectivity index (χ2n) is 6.32. The SMILES string of the molecule is C[N+]1=C(C=Cc2ccccc2F)C(C)(C)c2ccccc21.[O-][Cl+3]([O-])([O-])[O-]. The average Bonchev–Trinajstić information content (AvgIpc) is 2.73. The Labute approximate surface area is 153 Å². The van der Waals surface area contributed by atoms with Crippen molar-refractivity contribution in [2.75, 3.05) is 7.05 Å². The molecular formula is C19H19ClFNO4. The zero-order chi connectivity index (χ0) is 19.5. The van der Waals surface area contributed by atoms with Crippen LogP contribution in [0.2, 0.25) is 0 Å². The summed E-state index contributed by atoms with van der Waals surface area (Å²) in [6, 6.07) is 15.3. The smallest absolute Gasteiger partial charge is 0.209 e. The van der Waals surface area contributed by atoms with Gasteiger partial charge in [-0.3, -0.25) is 0 Å². The molecule has 0 bridgehead atoms. The summed E-state index contributed by atoms with van der Waals surface area (Å²) < 4.78 is 49.9. The molecule has 0 aliphatic carbocycles. The average molecular weight is 380 g/mol. The summed E-state index contributed by atoms with van der Waals surface area (Å²) in [4.78, 5) is 0. The number of rotatable bonds is 2. The molecule has 2 aromatic rings. The van der Waals surface area contributed by atoms with Gasteiger partial charge in [-0.1, -0.05) is 36.4 Å². The summed E-state index contributed by atoms with van der Waals surface area (Å²) >= 11 is 0. The van der Waals surface area contributed by atoms with Gasteiger partial charge in [0.1, 0.15) is 12.9 Å². The minimum atomic E-state index is -4.94. The van der Waals surface area contributed by atoms with E-state index in [9.17, 15) is 4.39 Å². The molecule has 0 radical (unpaired) electrons. The summed E-state index contributed by atoms with van der Waals surface area (Å²) in [7, 11) is -2.88. The third-order valence-electron chi connectivity index (χ3n) is 4.27. The van der Waals surface area contributed by atoms with Crippen molar-refractivity contribution >= 4 is 17.5 Å². The second kappa shape index (κ2) is 7.65. The first-order valence-electron chi connectivity index (χ1n) is 7.77. The van der Waals surface area contributed by atoms with Crippen molar-refractivity contribution in [3.8, 4) is 0 Å². The highest BCUT2D eigenvalue weighted by Crippen LogP contribution is 2.39. The molecule has 1 aliphatic rings. The molecule has 0 unspecified atom stereocenters. The molecule has 0 saturated carbocycles. The normalized spacial score (nSPS) is 15.7. The molecule has 138 valence electrons. The summed E-state index contributed by atoms with van der Waals surface area (Å²) in [5, 5.41) is 0. The first kappa shape index (κ1) is 20.2. The Morgan fingerprint density at radius 3 is 2.04 bits per heavy atom. The van der Waals surface area contributed by atoms with Crippen LogP contribution in [0.5, 0.6) is 0 Å². The van der Waals surface area contributed by atoms with Crippen LogP contribution in [0.25, 0.3) is 6.08 Å². The molecule has 0 amide bonds. The van der Waals surface area contributed by atoms with Gasteiger partial charge in [0.15, 0.2) is 5.71 Å². The van der Waals surface area contributed by atoms with Crippen molar-refractivity contribution in [1.82, 2.24) is 0 Å². The van der Waals surface area contributed by atoms with Gasteiger partial charge in [0, 0.05) is 23.3 Å². The summed E-state index contributed by atoms with van der Waals surface area (Å²) in [6.45, 7) is 4.41. The molecule has 0 saturated heterocycles. The van der Waals surface area contributed by atoms with Gasteiger partial charge in [0.05, 0.1) is 5.41 Å². The van der Waals surface area contributed by atoms with Crippen molar-refractivity contribution in [3.05, 3.63) is 71.6 Å². The van der Waals surface area contributed by atoms with Gasteiger partial charge < -0.3 is 0 Å². The van der Waals surface area contributed by atoms with Crippen molar-refractivity contribution in [2.24, 2.45) is 0 Å². The molecule has 1 aliphatic heterocycles. The Morgan fingerprint density at radius 2 is 1.46 bits per heavy atom. The molecule has 0 fully saturated rings. The van der Waals surface area contributed by atoms with Crippen LogP contribution in [0, 0.1) is 16.1 Å². The maximum Gasteiger partial charge on any atom is 0.209 e. The minimum Gasteiger partial charge on any atom is -0.222 e. The van der Waals surface area contributed by atoms with E-state index in [-0.39, 0.29) is 11.2 Å². The maximum atomic E-state index is 13.7. The van der Waals surface area contributed by atoms with Crippen LogP contribution in [-0.4, -0.2) is 17.3 Å². The van der Waals surface area contributed by atoms with Gasteiger partial charge in [-0.25, -0.2) is 23.0 Å². The third kappa shape index (κ3) is 4.75. The lowest BCUT2D eigenvalue weighted by Gasteiger charge is -2.17. The molecule has 7 heteroatoms. The van der Waals surface area contributed by atoms with Crippen LogP contribution >= 0.6 is 0 Å². The Balaban J connectivity index is 0.000000431. The summed E-state index contributed by atoms with van der Waals surface area (Å²) in [5.41, 5.74) is 4.24. The van der Waals surface area contributed by atoms with Crippen LogP contribution in [0.1, 0.15) is 25.0 Å². The highest BCUT2D eigenvalue weighted by molar-refractivity contribution is 6.05. The second-order valence-corrected chi connectivity index (χ2v) is 7.08. The van der Waals surface area contributed by atoms with E-state index in [4.69, 9.17) is 18.6 Å². The number of para-hydroxylation sites is 1. The van der Waals surface area contributed by atoms with Gasteiger partial charge >= 0.3 is 0 Å². The zero-order valence-electron chi connectivity index (χ0n) is 14.6. The monoisotopic (exact) mass is 379 g/mol. The topological polar surface area (TPSA) is 95.2 Å². The van der Waals surface area contributed by atoms with E-state index < -0.39 is 10.2 Å². The van der Waals surface area contributed by atoms with E-state index in [0.29, 0.717) is 5.56 Å². The molecular weight excluding hydrogens is 361 g/mol. The number of allylic oxidation sites excluding steroid dienone is 1. The molecule has 5 nitrogen and oxygen atoms in total. The molecule has 3 rings (SSSR count). The minimum absolute atomic E-state index is 0.0763. The fourth-order valence-electron chi connectivity index (χ4n) is 3.08. The largest absolute Gasteiger partial charge is 0.222 e. The van der Waals surface area contributed by atoms with Gasteiger partial charge in [0.25, 0.3) is 0 Å². The first-order chi connectivity index (χ1) is 12.0. The maximum absolute atomic E-state index is 13.7. The number of benzene rings is 2. The van der Waals surface area contributed by atoms with Gasteiger partial charge in [0.2, 0.25) is 5.69 Å². The molecule has 1 heterocycles. The quantitative estimate of drug-likeness (QED) is 0.674. The predicted molar refractivity (Wildman–Crippen MR) is 85.8 cm³/mol. The number of nitrogens with zero attached hydrogens (tertiary/aromatic N) is 1. The Kier molecular flexibility index (Phi) is 5.95. The van der Waals surface area contributed by atoms with Crippen molar-refractivity contribution in [3.63, 3.8) is 0 Å². The van der Waals surface area contributed by atoms with Crippen molar-refractivity contribution in [1.29, 1.82) is 0 Å². The number of halogens is 2. The van der Waals surface area contributed by atoms with Crippen LogP contribution in [0.3, 0.4) is 0 Å². The van der Waals surface area contributed by atoms with Crippen LogP contribution < -0.4 is 18.6 Å². The highest BCUT2D eigenvalue weighted by Gasteiger charge is 2.42. The fourth-order valence-corrected chi connectivity index (χ4v) is 3.08. The first-order valence-corrected chi connectivity index (χ1v) is 9.00. The molecule has 0 spiro atoms. The number of hydrogen-bond acceptors (Lipinski definition) is 4. The summed E-state index contributed by atoms with van der Waals surface area (Å²) in [5.74, 6) is -0.190. The molecule has 0 N–H and O–H groups in total. The number of fused-ring (bicyclic) bond motifs is 1. The third-order valence-corrected chi connectivity index (χ3v) is 4.27. The highest BCUT2D eigenvalue weighted by atomic mass is 35.7. The van der Waals surface area contributed by atoms with E-state index in [1.54, 1.807) is 12.1 Å². The fraction of sp³-hybridized carbons (Fsp3) is 0.211.